The number of aromatic nitrogens is 4. The summed E-state index contributed by atoms with van der Waals surface area (Å²) in [5.41, 5.74) is 0.497. The second-order valence-corrected chi connectivity index (χ2v) is 11.1. The van der Waals surface area contributed by atoms with Crippen molar-refractivity contribution in [2.75, 3.05) is 30.4 Å². The Morgan fingerprint density at radius 1 is 1.15 bits per heavy atom. The summed E-state index contributed by atoms with van der Waals surface area (Å²) >= 11 is 0. The highest BCUT2D eigenvalue weighted by molar-refractivity contribution is 6.14. The summed E-state index contributed by atoms with van der Waals surface area (Å²) in [7, 11) is 3.15. The summed E-state index contributed by atoms with van der Waals surface area (Å²) < 4.78 is 28.0. The topological polar surface area (TPSA) is 115 Å². The summed E-state index contributed by atoms with van der Waals surface area (Å²) in [5, 5.41) is 15.3. The van der Waals surface area contributed by atoms with Gasteiger partial charge in [-0.2, -0.15) is 10.2 Å². The Morgan fingerprint density at radius 3 is 2.49 bits per heavy atom. The molecule has 3 heterocycles. The van der Waals surface area contributed by atoms with Crippen LogP contribution in [-0.2, 0) is 11.8 Å². The molecule has 1 aliphatic heterocycles. The van der Waals surface area contributed by atoms with Gasteiger partial charge in [0.25, 0.3) is 11.8 Å². The average molecular weight is 540 g/mol. The Kier molecular flexibility index (Phi) is 7.04. The monoisotopic (exact) mass is 539 g/mol. The lowest BCUT2D eigenvalue weighted by Gasteiger charge is -2.40. The molecule has 0 spiro atoms. The van der Waals surface area contributed by atoms with Crippen molar-refractivity contribution in [3.63, 3.8) is 0 Å². The van der Waals surface area contributed by atoms with Gasteiger partial charge in [-0.1, -0.05) is 0 Å². The van der Waals surface area contributed by atoms with Gasteiger partial charge in [0, 0.05) is 43.8 Å². The number of piperidine rings is 1. The molecule has 0 atom stereocenters. The third-order valence-corrected chi connectivity index (χ3v) is 6.94. The number of aryl methyl sites for hydroxylation is 1. The second-order valence-electron chi connectivity index (χ2n) is 11.1. The van der Waals surface area contributed by atoms with E-state index in [0.29, 0.717) is 24.2 Å². The zero-order chi connectivity index (χ0) is 27.9. The van der Waals surface area contributed by atoms with Crippen molar-refractivity contribution in [3.8, 4) is 5.88 Å². The first kappa shape index (κ1) is 26.6. The zero-order valence-electron chi connectivity index (χ0n) is 22.9. The Morgan fingerprint density at radius 2 is 1.85 bits per heavy atom. The molecule has 2 fully saturated rings. The molecule has 1 saturated carbocycles. The Bertz CT molecular complexity index is 1390. The molecule has 12 heteroatoms. The van der Waals surface area contributed by atoms with E-state index < -0.39 is 17.3 Å². The first-order valence-electron chi connectivity index (χ1n) is 13.1. The Labute approximate surface area is 226 Å². The average Bonchev–Trinajstić information content (AvgIpc) is 3.63. The number of carbonyl (C=O) groups is 2. The number of carbonyl (C=O) groups excluding carboxylic acids is 2. The maximum absolute atomic E-state index is 15.6. The first-order valence-corrected chi connectivity index (χ1v) is 13.1. The maximum atomic E-state index is 15.6. The Hall–Kier alpha value is -3.96. The van der Waals surface area contributed by atoms with E-state index in [1.807, 2.05) is 25.7 Å². The van der Waals surface area contributed by atoms with Crippen LogP contribution in [0, 0.1) is 5.82 Å². The number of methoxy groups -OCH3 is 1. The van der Waals surface area contributed by atoms with Crippen LogP contribution in [0.1, 0.15) is 56.8 Å². The molecule has 11 nitrogen and oxygen atoms in total. The van der Waals surface area contributed by atoms with Gasteiger partial charge in [0.05, 0.1) is 19.0 Å². The maximum Gasteiger partial charge on any atom is 0.410 e. The molecule has 2 aliphatic rings. The molecule has 1 aliphatic carbocycles. The summed E-state index contributed by atoms with van der Waals surface area (Å²) in [4.78, 5) is 30.2. The van der Waals surface area contributed by atoms with E-state index in [9.17, 15) is 9.59 Å². The van der Waals surface area contributed by atoms with Crippen molar-refractivity contribution < 1.29 is 23.5 Å². The molecule has 2 aromatic heterocycles. The van der Waals surface area contributed by atoms with Crippen LogP contribution in [0.5, 0.6) is 5.88 Å². The minimum absolute atomic E-state index is 0.0619. The minimum Gasteiger partial charge on any atom is -0.478 e. The molecule has 1 saturated heterocycles. The number of rotatable bonds is 6. The van der Waals surface area contributed by atoms with Crippen molar-refractivity contribution >= 4 is 34.3 Å². The van der Waals surface area contributed by atoms with Gasteiger partial charge in [0.15, 0.2) is 0 Å². The third kappa shape index (κ3) is 5.59. The van der Waals surface area contributed by atoms with Gasteiger partial charge in [-0.15, -0.1) is 5.10 Å². The van der Waals surface area contributed by atoms with E-state index in [1.165, 1.54) is 25.4 Å². The van der Waals surface area contributed by atoms with Crippen molar-refractivity contribution in [2.24, 2.45) is 7.05 Å². The van der Waals surface area contributed by atoms with Crippen molar-refractivity contribution in [3.05, 3.63) is 35.9 Å². The number of nitrogens with zero attached hydrogens (tertiary/aromatic N) is 6. The van der Waals surface area contributed by atoms with Crippen molar-refractivity contribution in [1.29, 1.82) is 0 Å². The fourth-order valence-corrected chi connectivity index (χ4v) is 5.12. The van der Waals surface area contributed by atoms with Crippen molar-refractivity contribution in [2.45, 2.75) is 64.1 Å². The summed E-state index contributed by atoms with van der Waals surface area (Å²) in [5.74, 6) is -1.22. The number of halogens is 1. The molecule has 39 heavy (non-hydrogen) atoms. The molecule has 0 radical (unpaired) electrons. The van der Waals surface area contributed by atoms with Crippen LogP contribution in [0.3, 0.4) is 0 Å². The van der Waals surface area contributed by atoms with Gasteiger partial charge in [0.2, 0.25) is 0 Å². The quantitative estimate of drug-likeness (QED) is 0.497. The third-order valence-electron chi connectivity index (χ3n) is 6.94. The van der Waals surface area contributed by atoms with Crippen LogP contribution in [0.4, 0.5) is 20.6 Å². The smallest absolute Gasteiger partial charge is 0.410 e. The van der Waals surface area contributed by atoms with E-state index in [0.717, 1.165) is 25.7 Å². The highest BCUT2D eigenvalue weighted by Crippen LogP contribution is 2.37. The summed E-state index contributed by atoms with van der Waals surface area (Å²) in [6.07, 6.45) is 6.38. The van der Waals surface area contributed by atoms with Crippen LogP contribution in [0.2, 0.25) is 0 Å². The lowest BCUT2D eigenvalue weighted by Crippen LogP contribution is -2.50. The lowest BCUT2D eigenvalue weighted by molar-refractivity contribution is 0.0114. The number of amides is 2. The molecule has 0 bridgehead atoms. The SMILES string of the molecule is COc1nnccc1NC(=O)c1c(F)cc(N2CCC(N(C(=O)OC(C)(C)C)C3CC3)CC2)c2cn(C)nc12. The van der Waals surface area contributed by atoms with E-state index in [-0.39, 0.29) is 40.8 Å². The minimum atomic E-state index is -0.676. The van der Waals surface area contributed by atoms with E-state index in [1.54, 1.807) is 17.9 Å². The number of hydrogen-bond acceptors (Lipinski definition) is 8. The fraction of sp³-hybridized carbons (Fsp3) is 0.519. The highest BCUT2D eigenvalue weighted by atomic mass is 19.1. The molecular formula is C27H34FN7O4. The predicted octanol–water partition coefficient (Wildman–Crippen LogP) is 4.13. The number of fused-ring (bicyclic) bond motifs is 1. The van der Waals surface area contributed by atoms with E-state index in [4.69, 9.17) is 9.47 Å². The number of nitrogens with one attached hydrogen (secondary N) is 1. The highest BCUT2D eigenvalue weighted by Gasteiger charge is 2.41. The lowest BCUT2D eigenvalue weighted by atomic mass is 10.0. The van der Waals surface area contributed by atoms with E-state index in [2.05, 4.69) is 25.5 Å². The van der Waals surface area contributed by atoms with Gasteiger partial charge >= 0.3 is 6.09 Å². The molecular weight excluding hydrogens is 505 g/mol. The fourth-order valence-electron chi connectivity index (χ4n) is 5.12. The molecule has 5 rings (SSSR count). The molecule has 208 valence electrons. The van der Waals surface area contributed by atoms with Crippen LogP contribution in [0.15, 0.2) is 24.5 Å². The van der Waals surface area contributed by atoms with Crippen LogP contribution < -0.4 is 15.0 Å². The largest absolute Gasteiger partial charge is 0.478 e. The normalized spacial score (nSPS) is 16.3. The second kappa shape index (κ2) is 10.3. The molecule has 3 aromatic rings. The number of hydrogen-bond donors (Lipinski definition) is 1. The number of anilines is 2. The van der Waals surface area contributed by atoms with Gasteiger partial charge in [-0.05, 0) is 58.6 Å². The van der Waals surface area contributed by atoms with Crippen LogP contribution in [-0.4, -0.2) is 74.8 Å². The zero-order valence-corrected chi connectivity index (χ0v) is 22.9. The Balaban J connectivity index is 1.37. The number of benzene rings is 1. The molecule has 2 amide bonds. The summed E-state index contributed by atoms with van der Waals surface area (Å²) in [6, 6.07) is 3.21. The van der Waals surface area contributed by atoms with Gasteiger partial charge in [-0.25, -0.2) is 9.18 Å². The van der Waals surface area contributed by atoms with E-state index >= 15 is 4.39 Å². The predicted molar refractivity (Wildman–Crippen MR) is 144 cm³/mol. The van der Waals surface area contributed by atoms with Gasteiger partial charge in [0.1, 0.15) is 28.2 Å². The van der Waals surface area contributed by atoms with Gasteiger partial charge in [-0.3, -0.25) is 9.48 Å². The summed E-state index contributed by atoms with van der Waals surface area (Å²) in [6.45, 7) is 6.89. The van der Waals surface area contributed by atoms with Crippen LogP contribution in [0.25, 0.3) is 10.9 Å². The molecule has 0 unspecified atom stereocenters. The molecule has 1 N–H and O–H groups in total. The molecule has 1 aromatic carbocycles. The number of ether oxygens (including phenoxy) is 2. The van der Waals surface area contributed by atoms with Crippen LogP contribution >= 0.6 is 0 Å². The van der Waals surface area contributed by atoms with Crippen molar-refractivity contribution in [1.82, 2.24) is 24.9 Å². The standard InChI is InChI=1S/C27H34FN7O4/c1-27(2,3)39-26(37)35(16-6-7-16)17-9-12-34(13-10-17)21-14-19(28)22(23-18(21)15-33(4)32-23)24(36)30-20-8-11-29-31-25(20)38-5/h8,11,14-17H,6-7,9-10,12-13H2,1-5H3,(H,29,30,36). The van der Waals surface area contributed by atoms with Gasteiger partial charge < -0.3 is 24.6 Å². The first-order chi connectivity index (χ1) is 18.6.